The average Bonchev–Trinajstić information content (AvgIpc) is 4.05. The zero-order valence-electron chi connectivity index (χ0n) is 41.5. The van der Waals surface area contributed by atoms with Crippen molar-refractivity contribution in [2.75, 3.05) is 5.32 Å². The summed E-state index contributed by atoms with van der Waals surface area (Å²) in [5.74, 6) is 1.05. The lowest BCUT2D eigenvalue weighted by atomic mass is 10.3. The Hall–Kier alpha value is -4.42. The van der Waals surface area contributed by atoms with Gasteiger partial charge in [0.25, 0.3) is 5.56 Å². The summed E-state index contributed by atoms with van der Waals surface area (Å²) in [6, 6.07) is 12.6. The predicted octanol–water partition coefficient (Wildman–Crippen LogP) is 14.8. The highest BCUT2D eigenvalue weighted by Gasteiger charge is 2.17. The molecule has 0 spiro atoms. The Bertz CT molecular complexity index is 3200. The maximum absolute atomic E-state index is 11.1. The molecule has 5 heterocycles. The number of carbonyl (C=O) groups is 1. The first-order valence-corrected chi connectivity index (χ1v) is 25.4. The number of halogens is 7. The van der Waals surface area contributed by atoms with Gasteiger partial charge in [-0.25, -0.2) is 29.4 Å². The number of fused-ring (bicyclic) bond motifs is 3. The largest absolute Gasteiger partial charge is 0.353 e. The van der Waals surface area contributed by atoms with Crippen molar-refractivity contribution in [2.24, 2.45) is 0 Å². The standard InChI is InChI=1S/C13H17Cl2N3.C10H9BrCl2N2.C10H10Cl2N2.C8H12N2O2.C7H11N3O/c1-7(2)16-13-17-11-5-9(14)10(15)6-12(11)18(13)8(3)4;1-5(2)15-9-4-7(13)6(12)3-8(9)14-10(15)11;1-6(2)14-5-13-9-3-7(11)8(12)4-10(9)14;1-5(2)10-4-6(3)7(11)9-8(10)12;1-5(2)10-4-8-7(9-10)6(3)11/h5-8H,1-4H3,(H,16,17);3-5H,1-2H3;3-6H,1-2H3;4-5H,1-3H3,(H,9,11,12);4-5H,1-3H3. The fraction of sp³-hybridized carbons (Fsp3) is 0.417. The number of nitrogens with zero attached hydrogens (tertiary/aromatic N) is 10. The van der Waals surface area contributed by atoms with Crippen LogP contribution in [-0.4, -0.2) is 64.8 Å². The molecule has 0 saturated heterocycles. The van der Waals surface area contributed by atoms with Crippen molar-refractivity contribution in [2.45, 2.75) is 133 Å². The molecule has 0 amide bonds. The van der Waals surface area contributed by atoms with Crippen LogP contribution >= 0.6 is 85.5 Å². The van der Waals surface area contributed by atoms with Gasteiger partial charge in [0.2, 0.25) is 11.8 Å². The molecule has 15 nitrogen and oxygen atoms in total. The minimum atomic E-state index is -0.347. The molecule has 0 atom stereocenters. The van der Waals surface area contributed by atoms with Crippen molar-refractivity contribution >= 4 is 130 Å². The lowest BCUT2D eigenvalue weighted by Gasteiger charge is -2.15. The van der Waals surface area contributed by atoms with Gasteiger partial charge in [-0.1, -0.05) is 69.6 Å². The average molecular weight is 1140 g/mol. The van der Waals surface area contributed by atoms with Crippen molar-refractivity contribution in [1.29, 1.82) is 0 Å². The second kappa shape index (κ2) is 25.3. The fourth-order valence-corrected chi connectivity index (χ4v) is 8.35. The van der Waals surface area contributed by atoms with Gasteiger partial charge in [-0.3, -0.25) is 19.1 Å². The molecule has 0 bridgehead atoms. The molecule has 8 rings (SSSR count). The summed E-state index contributed by atoms with van der Waals surface area (Å²) in [5.41, 5.74) is 5.52. The van der Waals surface area contributed by atoms with E-state index < -0.39 is 0 Å². The van der Waals surface area contributed by atoms with Crippen LogP contribution in [0.25, 0.3) is 33.1 Å². The van der Waals surface area contributed by atoms with E-state index in [0.29, 0.717) is 65.7 Å². The Balaban J connectivity index is 0.000000192. The molecule has 0 aliphatic carbocycles. The number of carbonyl (C=O) groups excluding carboxylic acids is 1. The van der Waals surface area contributed by atoms with Crippen molar-refractivity contribution in [3.8, 4) is 0 Å². The van der Waals surface area contributed by atoms with Crippen LogP contribution < -0.4 is 16.6 Å². The molecule has 0 unspecified atom stereocenters. The number of Topliss-reactive ketones (excluding diaryl/α,β-unsaturated/α-hetero) is 1. The summed E-state index contributed by atoms with van der Waals surface area (Å²) in [4.78, 5) is 52.1. The van der Waals surface area contributed by atoms with Gasteiger partial charge < -0.3 is 19.0 Å². The second-order valence-electron chi connectivity index (χ2n) is 17.8. The van der Waals surface area contributed by atoms with E-state index in [1.165, 1.54) is 11.5 Å². The molecule has 378 valence electrons. The molecule has 22 heteroatoms. The summed E-state index contributed by atoms with van der Waals surface area (Å²) in [5, 5.41) is 10.6. The topological polar surface area (TPSA) is 168 Å². The molecule has 5 aromatic heterocycles. The Morgan fingerprint density at radius 2 is 1.07 bits per heavy atom. The van der Waals surface area contributed by atoms with Crippen molar-refractivity contribution in [1.82, 2.24) is 53.0 Å². The highest BCUT2D eigenvalue weighted by atomic mass is 79.9. The Morgan fingerprint density at radius 1 is 0.600 bits per heavy atom. The van der Waals surface area contributed by atoms with Crippen LogP contribution in [0.15, 0.2) is 69.6 Å². The van der Waals surface area contributed by atoms with Gasteiger partial charge in [0.1, 0.15) is 6.33 Å². The summed E-state index contributed by atoms with van der Waals surface area (Å²) < 4.78 is 10.2. The SMILES string of the molecule is CC(=O)c1ncn(C(C)C)n1.CC(C)Nc1nc2cc(Cl)c(Cl)cc2n1C(C)C.CC(C)n1c(Br)nc2cc(Cl)c(Cl)cc21.CC(C)n1cnc2cc(Cl)c(Cl)cc21.Cc1cn(C(C)C)c(=O)[nH]c1=O. The van der Waals surface area contributed by atoms with E-state index in [1.54, 1.807) is 36.3 Å². The van der Waals surface area contributed by atoms with Gasteiger partial charge in [-0.2, -0.15) is 0 Å². The highest BCUT2D eigenvalue weighted by Crippen LogP contribution is 2.33. The van der Waals surface area contributed by atoms with Gasteiger partial charge in [0.15, 0.2) is 10.5 Å². The number of rotatable bonds is 8. The number of hydrogen-bond acceptors (Lipinski definition) is 9. The first-order valence-electron chi connectivity index (χ1n) is 22.3. The van der Waals surface area contributed by atoms with E-state index in [1.807, 2.05) is 58.3 Å². The third kappa shape index (κ3) is 14.8. The van der Waals surface area contributed by atoms with E-state index in [4.69, 9.17) is 69.6 Å². The summed E-state index contributed by atoms with van der Waals surface area (Å²) in [7, 11) is 0. The van der Waals surface area contributed by atoms with Crippen LogP contribution in [0.3, 0.4) is 0 Å². The molecule has 0 fully saturated rings. The summed E-state index contributed by atoms with van der Waals surface area (Å²) in [6.07, 6.45) is 4.95. The molecule has 2 N–H and O–H groups in total. The van der Waals surface area contributed by atoms with Gasteiger partial charge in [-0.05, 0) is 142 Å². The molecule has 70 heavy (non-hydrogen) atoms. The third-order valence-corrected chi connectivity index (χ3v) is 12.8. The number of nitrogens with one attached hydrogen (secondary N) is 2. The number of imidazole rings is 3. The lowest BCUT2D eigenvalue weighted by molar-refractivity contribution is 0.100. The van der Waals surface area contributed by atoms with Crippen molar-refractivity contribution in [3.63, 3.8) is 0 Å². The Morgan fingerprint density at radius 3 is 1.51 bits per heavy atom. The van der Waals surface area contributed by atoms with E-state index in [2.05, 4.69) is 120 Å². The first-order chi connectivity index (χ1) is 32.6. The monoisotopic (exact) mass is 1140 g/mol. The number of benzene rings is 3. The zero-order chi connectivity index (χ0) is 52.6. The first kappa shape index (κ1) is 58.2. The van der Waals surface area contributed by atoms with E-state index in [-0.39, 0.29) is 29.1 Å². The van der Waals surface area contributed by atoms with E-state index in [9.17, 15) is 14.4 Å². The van der Waals surface area contributed by atoms with Gasteiger partial charge in [0.05, 0.1) is 69.6 Å². The molecule has 8 aromatic rings. The second-order valence-corrected chi connectivity index (χ2v) is 21.0. The third-order valence-electron chi connectivity index (χ3n) is 10.1. The van der Waals surface area contributed by atoms with Gasteiger partial charge >= 0.3 is 5.69 Å². The maximum Gasteiger partial charge on any atom is 0.328 e. The lowest BCUT2D eigenvalue weighted by Crippen LogP contribution is -2.31. The zero-order valence-corrected chi connectivity index (χ0v) is 47.6. The number of anilines is 1. The highest BCUT2D eigenvalue weighted by molar-refractivity contribution is 9.10. The van der Waals surface area contributed by atoms with E-state index in [0.717, 1.165) is 43.8 Å². The molecule has 0 aliphatic heterocycles. The van der Waals surface area contributed by atoms with Crippen LogP contribution in [-0.2, 0) is 0 Å². The van der Waals surface area contributed by atoms with Gasteiger partial charge in [0, 0.05) is 54.9 Å². The van der Waals surface area contributed by atoms with Crippen LogP contribution in [0.5, 0.6) is 0 Å². The van der Waals surface area contributed by atoms with Crippen LogP contribution in [0.1, 0.15) is 136 Å². The molecular weight excluding hydrogens is 1090 g/mol. The number of ketones is 1. The Labute approximate surface area is 446 Å². The summed E-state index contributed by atoms with van der Waals surface area (Å²) in [6.45, 7) is 27.7. The van der Waals surface area contributed by atoms with Crippen LogP contribution in [0.4, 0.5) is 5.95 Å². The molecule has 0 saturated carbocycles. The van der Waals surface area contributed by atoms with Crippen LogP contribution in [0, 0.1) is 6.92 Å². The van der Waals surface area contributed by atoms with E-state index >= 15 is 0 Å². The number of aryl methyl sites for hydroxylation is 1. The van der Waals surface area contributed by atoms with Crippen LogP contribution in [0.2, 0.25) is 30.1 Å². The molecule has 0 aliphatic rings. The quantitative estimate of drug-likeness (QED) is 0.141. The molecule has 3 aromatic carbocycles. The number of H-pyrrole nitrogens is 1. The number of hydrogen-bond donors (Lipinski definition) is 2. The normalized spacial score (nSPS) is 11.3. The fourth-order valence-electron chi connectivity index (χ4n) is 6.61. The summed E-state index contributed by atoms with van der Waals surface area (Å²) >= 11 is 39.3. The molecule has 0 radical (unpaired) electrons. The minimum Gasteiger partial charge on any atom is -0.353 e. The van der Waals surface area contributed by atoms with Crippen molar-refractivity contribution in [3.05, 3.63) is 122 Å². The Kier molecular flexibility index (Phi) is 21.0. The van der Waals surface area contributed by atoms with Crippen molar-refractivity contribution < 1.29 is 4.79 Å². The minimum absolute atomic E-state index is 0.0769. The number of aromatic nitrogens is 11. The smallest absolute Gasteiger partial charge is 0.328 e. The molecular formula is C48H59BrCl6N12O3. The van der Waals surface area contributed by atoms with Gasteiger partial charge in [-0.15, -0.1) is 5.10 Å². The maximum atomic E-state index is 11.1. The predicted molar refractivity (Wildman–Crippen MR) is 294 cm³/mol. The number of aromatic amines is 1.